The number of benzene rings is 1. The van der Waals surface area contributed by atoms with Gasteiger partial charge >= 0.3 is 0 Å². The third kappa shape index (κ3) is 4.73. The van der Waals surface area contributed by atoms with Crippen LogP contribution >= 0.6 is 0 Å². The number of nitrogens with zero attached hydrogens (tertiary/aromatic N) is 1. The zero-order valence-electron chi connectivity index (χ0n) is 15.0. The lowest BCUT2D eigenvalue weighted by Crippen LogP contribution is -2.50. The summed E-state index contributed by atoms with van der Waals surface area (Å²) in [5, 5.41) is 5.62. The highest BCUT2D eigenvalue weighted by molar-refractivity contribution is 5.89. The molecule has 1 aromatic heterocycles. The molecule has 2 unspecified atom stereocenters. The van der Waals surface area contributed by atoms with E-state index in [4.69, 9.17) is 4.42 Å². The van der Waals surface area contributed by atoms with Gasteiger partial charge in [0.2, 0.25) is 11.8 Å². The molecule has 1 aliphatic rings. The van der Waals surface area contributed by atoms with E-state index in [1.807, 2.05) is 18.2 Å². The molecule has 1 aliphatic heterocycles. The Hall–Kier alpha value is -2.60. The summed E-state index contributed by atoms with van der Waals surface area (Å²) in [6.07, 6.45) is 3.37. The Balaban J connectivity index is 1.50. The van der Waals surface area contributed by atoms with E-state index in [1.54, 1.807) is 25.3 Å². The molecule has 2 heterocycles. The van der Waals surface area contributed by atoms with Gasteiger partial charge in [-0.2, -0.15) is 0 Å². The summed E-state index contributed by atoms with van der Waals surface area (Å²) in [6, 6.07) is 12.9. The lowest BCUT2D eigenvalue weighted by molar-refractivity contribution is -0.131. The first kappa shape index (κ1) is 18.2. The lowest BCUT2D eigenvalue weighted by Gasteiger charge is -2.25. The fourth-order valence-electron chi connectivity index (χ4n) is 3.25. The summed E-state index contributed by atoms with van der Waals surface area (Å²) in [5.74, 6) is 0.378. The summed E-state index contributed by atoms with van der Waals surface area (Å²) in [4.78, 5) is 27.0. The van der Waals surface area contributed by atoms with E-state index in [0.717, 1.165) is 25.9 Å². The van der Waals surface area contributed by atoms with Gasteiger partial charge < -0.3 is 15.1 Å². The number of hydrogen-bond acceptors (Lipinski definition) is 4. The van der Waals surface area contributed by atoms with Crippen molar-refractivity contribution in [1.29, 1.82) is 0 Å². The van der Waals surface area contributed by atoms with Crippen LogP contribution in [0.5, 0.6) is 0 Å². The fourth-order valence-corrected chi connectivity index (χ4v) is 3.25. The number of carbonyl (C=O) groups is 2. The van der Waals surface area contributed by atoms with Gasteiger partial charge in [0.15, 0.2) is 0 Å². The Bertz CT molecular complexity index is 715. The summed E-state index contributed by atoms with van der Waals surface area (Å²) in [5.41, 5.74) is 1.19. The van der Waals surface area contributed by atoms with Crippen LogP contribution in [0.25, 0.3) is 0 Å². The SMILES string of the molecule is CC(NC(=O)C1CCCN1Cc1ccccc1)C(=O)NCc1ccco1. The maximum absolute atomic E-state index is 12.6. The first-order chi connectivity index (χ1) is 12.6. The predicted molar refractivity (Wildman–Crippen MR) is 98.0 cm³/mol. The molecule has 0 bridgehead atoms. The number of nitrogens with one attached hydrogen (secondary N) is 2. The number of carbonyl (C=O) groups excluding carboxylic acids is 2. The van der Waals surface area contributed by atoms with Gasteiger partial charge in [-0.1, -0.05) is 30.3 Å². The van der Waals surface area contributed by atoms with Gasteiger partial charge in [-0.05, 0) is 44.0 Å². The van der Waals surface area contributed by atoms with E-state index < -0.39 is 6.04 Å². The summed E-state index contributed by atoms with van der Waals surface area (Å²) >= 11 is 0. The van der Waals surface area contributed by atoms with E-state index in [2.05, 4.69) is 27.7 Å². The molecular weight excluding hydrogens is 330 g/mol. The quantitative estimate of drug-likeness (QED) is 0.797. The molecule has 2 atom stereocenters. The van der Waals surface area contributed by atoms with E-state index >= 15 is 0 Å². The topological polar surface area (TPSA) is 74.6 Å². The van der Waals surface area contributed by atoms with Gasteiger partial charge in [0, 0.05) is 6.54 Å². The van der Waals surface area contributed by atoms with Crippen LogP contribution in [0.3, 0.4) is 0 Å². The largest absolute Gasteiger partial charge is 0.467 e. The van der Waals surface area contributed by atoms with E-state index in [1.165, 1.54) is 5.56 Å². The molecular formula is C20H25N3O3. The molecule has 6 nitrogen and oxygen atoms in total. The Morgan fingerprint density at radius 1 is 1.23 bits per heavy atom. The smallest absolute Gasteiger partial charge is 0.242 e. The zero-order valence-corrected chi connectivity index (χ0v) is 15.0. The van der Waals surface area contributed by atoms with Crippen molar-refractivity contribution in [2.45, 2.75) is 44.9 Å². The van der Waals surface area contributed by atoms with Crippen LogP contribution in [0.1, 0.15) is 31.1 Å². The fraction of sp³-hybridized carbons (Fsp3) is 0.400. The van der Waals surface area contributed by atoms with Crippen molar-refractivity contribution in [1.82, 2.24) is 15.5 Å². The highest BCUT2D eigenvalue weighted by atomic mass is 16.3. The normalized spacial score (nSPS) is 18.4. The Morgan fingerprint density at radius 3 is 2.77 bits per heavy atom. The van der Waals surface area contributed by atoms with Gasteiger partial charge in [0.1, 0.15) is 11.8 Å². The van der Waals surface area contributed by atoms with Crippen molar-refractivity contribution in [3.8, 4) is 0 Å². The molecule has 0 radical (unpaired) electrons. The van der Waals surface area contributed by atoms with E-state index in [0.29, 0.717) is 12.3 Å². The minimum atomic E-state index is -0.586. The molecule has 0 aliphatic carbocycles. The van der Waals surface area contributed by atoms with E-state index in [-0.39, 0.29) is 17.9 Å². The average molecular weight is 355 g/mol. The van der Waals surface area contributed by atoms with Crippen LogP contribution in [-0.4, -0.2) is 35.3 Å². The van der Waals surface area contributed by atoms with Crippen LogP contribution in [0.15, 0.2) is 53.1 Å². The second-order valence-electron chi connectivity index (χ2n) is 6.64. The first-order valence-electron chi connectivity index (χ1n) is 9.02. The minimum absolute atomic E-state index is 0.0842. The van der Waals surface area contributed by atoms with Crippen molar-refractivity contribution in [2.24, 2.45) is 0 Å². The van der Waals surface area contributed by atoms with Gasteiger partial charge in [-0.15, -0.1) is 0 Å². The maximum atomic E-state index is 12.6. The molecule has 6 heteroatoms. The predicted octanol–water partition coefficient (Wildman–Crippen LogP) is 2.07. The van der Waals surface area contributed by atoms with Crippen LogP contribution in [-0.2, 0) is 22.7 Å². The van der Waals surface area contributed by atoms with Crippen molar-refractivity contribution in [2.75, 3.05) is 6.54 Å². The molecule has 0 saturated carbocycles. The van der Waals surface area contributed by atoms with E-state index in [9.17, 15) is 9.59 Å². The van der Waals surface area contributed by atoms with Crippen molar-refractivity contribution in [3.05, 3.63) is 60.1 Å². The Labute approximate surface area is 153 Å². The number of hydrogen-bond donors (Lipinski definition) is 2. The molecule has 2 aromatic rings. The Kier molecular flexibility index (Phi) is 6.07. The molecule has 2 amide bonds. The van der Waals surface area contributed by atoms with Gasteiger partial charge in [-0.3, -0.25) is 14.5 Å². The molecule has 138 valence electrons. The van der Waals surface area contributed by atoms with Crippen molar-refractivity contribution >= 4 is 11.8 Å². The lowest BCUT2D eigenvalue weighted by atomic mass is 10.1. The molecule has 1 aromatic carbocycles. The van der Waals surface area contributed by atoms with Gasteiger partial charge in [-0.25, -0.2) is 0 Å². The van der Waals surface area contributed by atoms with Crippen LogP contribution in [0.2, 0.25) is 0 Å². The number of furan rings is 1. The van der Waals surface area contributed by atoms with Crippen LogP contribution in [0, 0.1) is 0 Å². The molecule has 1 fully saturated rings. The molecule has 0 spiro atoms. The first-order valence-corrected chi connectivity index (χ1v) is 9.02. The maximum Gasteiger partial charge on any atom is 0.242 e. The monoisotopic (exact) mass is 355 g/mol. The number of rotatable bonds is 7. The average Bonchev–Trinajstić information content (AvgIpc) is 3.32. The number of likely N-dealkylation sites (tertiary alicyclic amines) is 1. The summed E-state index contributed by atoms with van der Waals surface area (Å²) in [7, 11) is 0. The highest BCUT2D eigenvalue weighted by Crippen LogP contribution is 2.20. The molecule has 2 N–H and O–H groups in total. The minimum Gasteiger partial charge on any atom is -0.467 e. The highest BCUT2D eigenvalue weighted by Gasteiger charge is 2.32. The summed E-state index contributed by atoms with van der Waals surface area (Å²) < 4.78 is 5.19. The molecule has 3 rings (SSSR count). The van der Waals surface area contributed by atoms with Gasteiger partial charge in [0.25, 0.3) is 0 Å². The second kappa shape index (κ2) is 8.67. The third-order valence-corrected chi connectivity index (χ3v) is 4.66. The summed E-state index contributed by atoms with van der Waals surface area (Å²) in [6.45, 7) is 3.66. The third-order valence-electron chi connectivity index (χ3n) is 4.66. The van der Waals surface area contributed by atoms with Gasteiger partial charge in [0.05, 0.1) is 18.8 Å². The Morgan fingerprint density at radius 2 is 2.04 bits per heavy atom. The number of amides is 2. The standard InChI is InChI=1S/C20H25N3O3/c1-15(19(24)21-13-17-9-6-12-26-17)22-20(25)18-10-5-11-23(18)14-16-7-3-2-4-8-16/h2-4,6-9,12,15,18H,5,10-11,13-14H2,1H3,(H,21,24)(H,22,25). The van der Waals surface area contributed by atoms with Crippen LogP contribution < -0.4 is 10.6 Å². The molecule has 1 saturated heterocycles. The second-order valence-corrected chi connectivity index (χ2v) is 6.64. The van der Waals surface area contributed by atoms with Crippen molar-refractivity contribution < 1.29 is 14.0 Å². The zero-order chi connectivity index (χ0) is 18.4. The molecule has 26 heavy (non-hydrogen) atoms. The van der Waals surface area contributed by atoms with Crippen LogP contribution in [0.4, 0.5) is 0 Å². The van der Waals surface area contributed by atoms with Crippen molar-refractivity contribution in [3.63, 3.8) is 0 Å².